The second kappa shape index (κ2) is 13.4. The van der Waals surface area contributed by atoms with Gasteiger partial charge in [-0.15, -0.1) is 11.6 Å². The van der Waals surface area contributed by atoms with Crippen molar-refractivity contribution >= 4 is 17.6 Å². The minimum Gasteiger partial charge on any atom is -0.491 e. The third-order valence-corrected chi connectivity index (χ3v) is 5.90. The number of esters is 1. The predicted octanol–water partition coefficient (Wildman–Crippen LogP) is 5.81. The van der Waals surface area contributed by atoms with Crippen molar-refractivity contribution in [3.8, 4) is 11.5 Å². The summed E-state index contributed by atoms with van der Waals surface area (Å²) in [6.07, 6.45) is -0.700. The highest BCUT2D eigenvalue weighted by molar-refractivity contribution is 6.18. The largest absolute Gasteiger partial charge is 0.491 e. The first kappa shape index (κ1) is 28.5. The summed E-state index contributed by atoms with van der Waals surface area (Å²) in [5, 5.41) is 0. The number of carbonyl (C=O) groups excluding carboxylic acids is 1. The summed E-state index contributed by atoms with van der Waals surface area (Å²) in [6, 6.07) is 14.2. The Bertz CT molecular complexity index is 970. The molecule has 6 nitrogen and oxygen atoms in total. The number of hydrogen-bond donors (Lipinski definition) is 0. The van der Waals surface area contributed by atoms with E-state index in [1.807, 2.05) is 37.3 Å². The smallest absolute Gasteiger partial charge is 0.303 e. The van der Waals surface area contributed by atoms with Crippen molar-refractivity contribution in [3.05, 3.63) is 71.5 Å². The highest BCUT2D eigenvalue weighted by Gasteiger charge is 2.24. The van der Waals surface area contributed by atoms with E-state index >= 15 is 0 Å². The van der Waals surface area contributed by atoms with E-state index in [0.29, 0.717) is 24.0 Å². The van der Waals surface area contributed by atoms with Crippen LogP contribution >= 0.6 is 11.6 Å². The number of halogens is 1. The summed E-state index contributed by atoms with van der Waals surface area (Å²) >= 11 is 5.97. The van der Waals surface area contributed by atoms with E-state index in [2.05, 4.69) is 32.6 Å². The average molecular weight is 505 g/mol. The van der Waals surface area contributed by atoms with Gasteiger partial charge in [0.05, 0.1) is 18.2 Å². The summed E-state index contributed by atoms with van der Waals surface area (Å²) in [7, 11) is 1.56. The van der Waals surface area contributed by atoms with E-state index < -0.39 is 6.10 Å². The Labute approximate surface area is 214 Å². The number of ether oxygens (including phenoxy) is 5. The van der Waals surface area contributed by atoms with Gasteiger partial charge >= 0.3 is 5.97 Å². The number of alkyl halides is 1. The van der Waals surface area contributed by atoms with Crippen LogP contribution < -0.4 is 9.47 Å². The SMILES string of the molecule is C=C(C)O[C@H](CCl)COc1ccc(C(C)(C)c2ccc(OC[C@@H](COC)OC(C)=O)cc2)cc1C. The van der Waals surface area contributed by atoms with Gasteiger partial charge in [-0.3, -0.25) is 4.79 Å². The van der Waals surface area contributed by atoms with Gasteiger partial charge in [-0.2, -0.15) is 0 Å². The van der Waals surface area contributed by atoms with Gasteiger partial charge in [0.15, 0.2) is 6.10 Å². The molecule has 0 spiro atoms. The highest BCUT2D eigenvalue weighted by atomic mass is 35.5. The quantitative estimate of drug-likeness (QED) is 0.184. The topological polar surface area (TPSA) is 63.2 Å². The first-order chi connectivity index (χ1) is 16.6. The van der Waals surface area contributed by atoms with Crippen LogP contribution in [-0.2, 0) is 24.4 Å². The molecule has 35 heavy (non-hydrogen) atoms. The number of rotatable bonds is 14. The standard InChI is InChI=1S/C28H37ClO6/c1-19(2)34-25(15-29)17-33-27-13-10-23(14-20(27)3)28(5,6)22-8-11-24(12-9-22)32-18-26(16-31-7)35-21(4)30/h8-14,25-26H,1,15-18H2,2-7H3/t25-,26-/m1/s1. The van der Waals surface area contributed by atoms with Crippen LogP contribution in [0.4, 0.5) is 0 Å². The molecular weight excluding hydrogens is 468 g/mol. The van der Waals surface area contributed by atoms with Gasteiger partial charge in [-0.25, -0.2) is 0 Å². The van der Waals surface area contributed by atoms with Crippen LogP contribution in [-0.4, -0.2) is 51.0 Å². The van der Waals surface area contributed by atoms with E-state index in [9.17, 15) is 4.79 Å². The Kier molecular flexibility index (Phi) is 10.9. The molecule has 0 saturated heterocycles. The Morgan fingerprint density at radius 2 is 1.57 bits per heavy atom. The highest BCUT2D eigenvalue weighted by Crippen LogP contribution is 2.34. The molecule has 2 aromatic rings. The van der Waals surface area contributed by atoms with Crippen LogP contribution in [0.1, 0.15) is 44.4 Å². The molecule has 0 saturated carbocycles. The Morgan fingerprint density at radius 3 is 2.11 bits per heavy atom. The number of allylic oxidation sites excluding steroid dienone is 1. The first-order valence-electron chi connectivity index (χ1n) is 11.6. The van der Waals surface area contributed by atoms with Crippen LogP contribution in [0.25, 0.3) is 0 Å². The molecule has 2 atom stereocenters. The maximum atomic E-state index is 11.2. The molecule has 0 fully saturated rings. The fourth-order valence-electron chi connectivity index (χ4n) is 3.64. The van der Waals surface area contributed by atoms with Gasteiger partial charge in [-0.05, 0) is 48.7 Å². The third kappa shape index (κ3) is 8.79. The minimum atomic E-state index is -0.454. The van der Waals surface area contributed by atoms with Gasteiger partial charge in [0.1, 0.15) is 30.8 Å². The normalized spacial score (nSPS) is 13.0. The molecule has 0 amide bonds. The van der Waals surface area contributed by atoms with Crippen LogP contribution in [0.3, 0.4) is 0 Å². The van der Waals surface area contributed by atoms with Crippen molar-refractivity contribution in [3.63, 3.8) is 0 Å². The Balaban J connectivity index is 2.06. The zero-order valence-corrected chi connectivity index (χ0v) is 22.3. The molecule has 2 rings (SSSR count). The maximum absolute atomic E-state index is 11.2. The number of hydrogen-bond acceptors (Lipinski definition) is 6. The summed E-state index contributed by atoms with van der Waals surface area (Å²) in [5.74, 6) is 2.07. The molecule has 0 aliphatic heterocycles. The number of carbonyl (C=O) groups is 1. The Morgan fingerprint density at radius 1 is 0.943 bits per heavy atom. The minimum absolute atomic E-state index is 0.221. The van der Waals surface area contributed by atoms with Crippen molar-refractivity contribution in [1.29, 1.82) is 0 Å². The van der Waals surface area contributed by atoms with E-state index in [4.69, 9.17) is 35.3 Å². The summed E-state index contributed by atoms with van der Waals surface area (Å²) in [5.41, 5.74) is 3.11. The molecule has 7 heteroatoms. The molecule has 0 heterocycles. The zero-order valence-electron chi connectivity index (χ0n) is 21.6. The fraction of sp³-hybridized carbons (Fsp3) is 0.464. The number of aryl methyl sites for hydroxylation is 1. The average Bonchev–Trinajstić information content (AvgIpc) is 2.80. The summed E-state index contributed by atoms with van der Waals surface area (Å²) in [4.78, 5) is 11.2. The van der Waals surface area contributed by atoms with Crippen LogP contribution in [0.15, 0.2) is 54.8 Å². The van der Waals surface area contributed by atoms with Gasteiger partial charge < -0.3 is 23.7 Å². The lowest BCUT2D eigenvalue weighted by atomic mass is 9.77. The van der Waals surface area contributed by atoms with Gasteiger partial charge in [0.2, 0.25) is 0 Å². The maximum Gasteiger partial charge on any atom is 0.303 e. The predicted molar refractivity (Wildman–Crippen MR) is 139 cm³/mol. The van der Waals surface area contributed by atoms with E-state index in [1.165, 1.54) is 6.92 Å². The third-order valence-electron chi connectivity index (χ3n) is 5.56. The lowest BCUT2D eigenvalue weighted by Gasteiger charge is -2.27. The molecular formula is C28H37ClO6. The van der Waals surface area contributed by atoms with Gasteiger partial charge in [0.25, 0.3) is 0 Å². The van der Waals surface area contributed by atoms with Crippen molar-refractivity contribution in [2.24, 2.45) is 0 Å². The van der Waals surface area contributed by atoms with E-state index in [0.717, 1.165) is 22.4 Å². The molecule has 2 aromatic carbocycles. The molecule has 0 aliphatic rings. The van der Waals surface area contributed by atoms with Crippen LogP contribution in [0.2, 0.25) is 0 Å². The second-order valence-corrected chi connectivity index (χ2v) is 9.34. The lowest BCUT2D eigenvalue weighted by molar-refractivity contribution is -0.150. The molecule has 0 bridgehead atoms. The zero-order chi connectivity index (χ0) is 26.0. The van der Waals surface area contributed by atoms with Crippen molar-refractivity contribution in [2.45, 2.75) is 52.2 Å². The molecule has 0 aromatic heterocycles. The fourth-order valence-corrected chi connectivity index (χ4v) is 3.79. The van der Waals surface area contributed by atoms with E-state index in [-0.39, 0.29) is 30.7 Å². The van der Waals surface area contributed by atoms with Crippen molar-refractivity contribution < 1.29 is 28.5 Å². The van der Waals surface area contributed by atoms with Gasteiger partial charge in [0, 0.05) is 19.4 Å². The van der Waals surface area contributed by atoms with Crippen molar-refractivity contribution in [1.82, 2.24) is 0 Å². The monoisotopic (exact) mass is 504 g/mol. The molecule has 0 unspecified atom stereocenters. The first-order valence-corrected chi connectivity index (χ1v) is 12.1. The summed E-state index contributed by atoms with van der Waals surface area (Å²) < 4.78 is 27.6. The lowest BCUT2D eigenvalue weighted by Crippen LogP contribution is -2.28. The number of methoxy groups -OCH3 is 1. The summed E-state index contributed by atoms with van der Waals surface area (Å²) in [6.45, 7) is 14.2. The second-order valence-electron chi connectivity index (χ2n) is 9.03. The molecule has 0 N–H and O–H groups in total. The Hall–Kier alpha value is -2.70. The van der Waals surface area contributed by atoms with Gasteiger partial charge in [-0.1, -0.05) is 44.7 Å². The van der Waals surface area contributed by atoms with Crippen molar-refractivity contribution in [2.75, 3.05) is 32.8 Å². The molecule has 0 aliphatic carbocycles. The number of benzene rings is 2. The molecule has 192 valence electrons. The van der Waals surface area contributed by atoms with E-state index in [1.54, 1.807) is 14.0 Å². The van der Waals surface area contributed by atoms with Crippen LogP contribution in [0, 0.1) is 6.92 Å². The molecule has 0 radical (unpaired) electrons. The van der Waals surface area contributed by atoms with Crippen LogP contribution in [0.5, 0.6) is 11.5 Å².